The highest BCUT2D eigenvalue weighted by Gasteiger charge is 2.34. The van der Waals surface area contributed by atoms with Crippen molar-refractivity contribution in [1.29, 1.82) is 0 Å². The van der Waals surface area contributed by atoms with Crippen molar-refractivity contribution < 1.29 is 0 Å². The zero-order valence-electron chi connectivity index (χ0n) is 9.43. The smallest absolute Gasteiger partial charge is 0.0320 e. The van der Waals surface area contributed by atoms with Crippen LogP contribution >= 0.6 is 11.6 Å². The fraction of sp³-hybridized carbons (Fsp3) is 0.571. The molecule has 2 rings (SSSR count). The van der Waals surface area contributed by atoms with Crippen LogP contribution in [0.25, 0.3) is 0 Å². The minimum absolute atomic E-state index is 0.269. The summed E-state index contributed by atoms with van der Waals surface area (Å²) in [5, 5.41) is 0. The highest BCUT2D eigenvalue weighted by molar-refractivity contribution is 6.18. The normalized spacial score (nSPS) is 24.9. The maximum atomic E-state index is 6.24. The lowest BCUT2D eigenvalue weighted by Gasteiger charge is -2.37. The summed E-state index contributed by atoms with van der Waals surface area (Å²) in [6, 6.07) is 8.86. The van der Waals surface area contributed by atoms with Crippen molar-refractivity contribution in [3.8, 4) is 0 Å². The Morgan fingerprint density at radius 1 is 1.33 bits per heavy atom. The lowest BCUT2D eigenvalue weighted by Crippen LogP contribution is -2.32. The van der Waals surface area contributed by atoms with E-state index in [2.05, 4.69) is 31.2 Å². The van der Waals surface area contributed by atoms with Crippen LogP contribution in [0.2, 0.25) is 0 Å². The molecule has 82 valence electrons. The Hall–Kier alpha value is -0.490. The van der Waals surface area contributed by atoms with Crippen LogP contribution in [0.5, 0.6) is 0 Å². The average molecular weight is 223 g/mol. The Balaban J connectivity index is 2.42. The quantitative estimate of drug-likeness (QED) is 0.669. The Bertz CT molecular complexity index is 332. The molecule has 0 amide bonds. The van der Waals surface area contributed by atoms with Gasteiger partial charge in [0.1, 0.15) is 0 Å². The van der Waals surface area contributed by atoms with E-state index < -0.39 is 0 Å². The third kappa shape index (κ3) is 1.92. The first-order valence-corrected chi connectivity index (χ1v) is 6.50. The summed E-state index contributed by atoms with van der Waals surface area (Å²) in [6.07, 6.45) is 6.25. The van der Waals surface area contributed by atoms with E-state index >= 15 is 0 Å². The molecule has 1 aromatic rings. The van der Waals surface area contributed by atoms with Crippen LogP contribution in [0.1, 0.15) is 43.7 Å². The van der Waals surface area contributed by atoms with Gasteiger partial charge in [-0.05, 0) is 36.8 Å². The van der Waals surface area contributed by atoms with Gasteiger partial charge in [0, 0.05) is 11.3 Å². The molecule has 1 unspecified atom stereocenters. The molecule has 1 aromatic carbocycles. The van der Waals surface area contributed by atoms with E-state index in [9.17, 15) is 0 Å². The third-order valence-electron chi connectivity index (χ3n) is 3.67. The minimum Gasteiger partial charge on any atom is -0.126 e. The molecule has 0 aliphatic heterocycles. The highest BCUT2D eigenvalue weighted by Crippen LogP contribution is 2.41. The topological polar surface area (TPSA) is 0 Å². The van der Waals surface area contributed by atoms with Gasteiger partial charge in [-0.1, -0.05) is 37.6 Å². The van der Waals surface area contributed by atoms with Crippen LogP contribution in [0.4, 0.5) is 0 Å². The fourth-order valence-corrected chi connectivity index (χ4v) is 3.36. The number of aryl methyl sites for hydroxylation is 1. The molecule has 0 spiro atoms. The van der Waals surface area contributed by atoms with Gasteiger partial charge >= 0.3 is 0 Å². The van der Waals surface area contributed by atoms with E-state index in [1.807, 2.05) is 0 Å². The molecule has 0 nitrogen and oxygen atoms in total. The molecule has 0 radical (unpaired) electrons. The number of hydrogen-bond acceptors (Lipinski definition) is 0. The summed E-state index contributed by atoms with van der Waals surface area (Å²) in [5.41, 5.74) is 3.32. The summed E-state index contributed by atoms with van der Waals surface area (Å²) in [7, 11) is 0. The fourth-order valence-electron chi connectivity index (χ4n) is 2.95. The zero-order chi connectivity index (χ0) is 10.7. The van der Waals surface area contributed by atoms with Gasteiger partial charge < -0.3 is 0 Å². The maximum Gasteiger partial charge on any atom is 0.0320 e. The summed E-state index contributed by atoms with van der Waals surface area (Å²) >= 11 is 6.24. The van der Waals surface area contributed by atoms with Gasteiger partial charge in [-0.2, -0.15) is 0 Å². The first kappa shape index (κ1) is 11.0. The Labute approximate surface area is 97.6 Å². The Morgan fingerprint density at radius 2 is 2.13 bits per heavy atom. The molecule has 0 aromatic heterocycles. The van der Waals surface area contributed by atoms with Crippen molar-refractivity contribution in [2.45, 2.75) is 44.4 Å². The minimum atomic E-state index is 0.269. The van der Waals surface area contributed by atoms with Gasteiger partial charge in [0.25, 0.3) is 0 Å². The SMILES string of the molecule is CCCC1(CCl)CCCc2ccccc21. The summed E-state index contributed by atoms with van der Waals surface area (Å²) in [5.74, 6) is 0.776. The lowest BCUT2D eigenvalue weighted by atomic mass is 9.69. The summed E-state index contributed by atoms with van der Waals surface area (Å²) in [6.45, 7) is 2.26. The molecule has 0 heterocycles. The van der Waals surface area contributed by atoms with E-state index in [-0.39, 0.29) is 5.41 Å². The Kier molecular flexibility index (Phi) is 3.35. The second kappa shape index (κ2) is 4.57. The number of hydrogen-bond donors (Lipinski definition) is 0. The molecule has 0 fully saturated rings. The number of rotatable bonds is 3. The molecule has 0 saturated heterocycles. The van der Waals surface area contributed by atoms with Crippen LogP contribution in [0, 0.1) is 0 Å². The second-order valence-corrected chi connectivity index (χ2v) is 4.94. The van der Waals surface area contributed by atoms with Gasteiger partial charge in [-0.15, -0.1) is 11.6 Å². The van der Waals surface area contributed by atoms with Crippen LogP contribution in [-0.4, -0.2) is 5.88 Å². The summed E-state index contributed by atoms with van der Waals surface area (Å²) < 4.78 is 0. The van der Waals surface area contributed by atoms with Crippen molar-refractivity contribution in [3.05, 3.63) is 35.4 Å². The van der Waals surface area contributed by atoms with Gasteiger partial charge in [-0.3, -0.25) is 0 Å². The lowest BCUT2D eigenvalue weighted by molar-refractivity contribution is 0.368. The molecule has 0 bridgehead atoms. The molecule has 0 N–H and O–H groups in total. The standard InChI is InChI=1S/C14H19Cl/c1-2-9-14(11-15)10-5-7-12-6-3-4-8-13(12)14/h3-4,6,8H,2,5,7,9-11H2,1H3. The van der Waals surface area contributed by atoms with Gasteiger partial charge in [-0.25, -0.2) is 0 Å². The van der Waals surface area contributed by atoms with Crippen molar-refractivity contribution in [1.82, 2.24) is 0 Å². The van der Waals surface area contributed by atoms with Crippen molar-refractivity contribution in [3.63, 3.8) is 0 Å². The van der Waals surface area contributed by atoms with E-state index in [1.54, 1.807) is 0 Å². The van der Waals surface area contributed by atoms with E-state index in [0.29, 0.717) is 0 Å². The van der Waals surface area contributed by atoms with E-state index in [4.69, 9.17) is 11.6 Å². The van der Waals surface area contributed by atoms with Gasteiger partial charge in [0.15, 0.2) is 0 Å². The summed E-state index contributed by atoms with van der Waals surface area (Å²) in [4.78, 5) is 0. The van der Waals surface area contributed by atoms with Crippen molar-refractivity contribution in [2.24, 2.45) is 0 Å². The van der Waals surface area contributed by atoms with Crippen LogP contribution in [-0.2, 0) is 11.8 Å². The predicted molar refractivity (Wildman–Crippen MR) is 66.7 cm³/mol. The average Bonchev–Trinajstić information content (AvgIpc) is 2.30. The first-order chi connectivity index (χ1) is 7.32. The number of benzene rings is 1. The van der Waals surface area contributed by atoms with Gasteiger partial charge in [0.05, 0.1) is 0 Å². The van der Waals surface area contributed by atoms with E-state index in [1.165, 1.54) is 43.2 Å². The molecule has 1 heteroatoms. The molecule has 0 saturated carbocycles. The predicted octanol–water partition coefficient (Wildman–Crippen LogP) is 4.30. The second-order valence-electron chi connectivity index (χ2n) is 4.67. The monoisotopic (exact) mass is 222 g/mol. The number of alkyl halides is 1. The maximum absolute atomic E-state index is 6.24. The number of fused-ring (bicyclic) bond motifs is 1. The van der Waals surface area contributed by atoms with Crippen LogP contribution in [0.15, 0.2) is 24.3 Å². The van der Waals surface area contributed by atoms with Crippen molar-refractivity contribution in [2.75, 3.05) is 5.88 Å². The largest absolute Gasteiger partial charge is 0.126 e. The molecular formula is C14H19Cl. The third-order valence-corrected chi connectivity index (χ3v) is 4.19. The Morgan fingerprint density at radius 3 is 2.87 bits per heavy atom. The first-order valence-electron chi connectivity index (χ1n) is 5.97. The van der Waals surface area contributed by atoms with E-state index in [0.717, 1.165) is 5.88 Å². The molecule has 15 heavy (non-hydrogen) atoms. The zero-order valence-corrected chi connectivity index (χ0v) is 10.2. The molecule has 1 atom stereocenters. The van der Waals surface area contributed by atoms with Gasteiger partial charge in [0.2, 0.25) is 0 Å². The van der Waals surface area contributed by atoms with Crippen molar-refractivity contribution >= 4 is 11.6 Å². The highest BCUT2D eigenvalue weighted by atomic mass is 35.5. The van der Waals surface area contributed by atoms with Crippen LogP contribution in [0.3, 0.4) is 0 Å². The molecule has 1 aliphatic rings. The van der Waals surface area contributed by atoms with Crippen LogP contribution < -0.4 is 0 Å². The molecular weight excluding hydrogens is 204 g/mol. The number of halogens is 1. The molecule has 1 aliphatic carbocycles.